The second-order valence-electron chi connectivity index (χ2n) is 4.99. The Labute approximate surface area is 113 Å². The molecule has 1 aliphatic rings. The number of methoxy groups -OCH3 is 1. The zero-order valence-electron chi connectivity index (χ0n) is 11.1. The maximum absolute atomic E-state index is 6.02. The zero-order chi connectivity index (χ0) is 13.2. The van der Waals surface area contributed by atoms with Crippen LogP contribution >= 0.6 is 11.6 Å². The summed E-state index contributed by atoms with van der Waals surface area (Å²) >= 11 is 6.02. The first-order valence-corrected chi connectivity index (χ1v) is 6.62. The van der Waals surface area contributed by atoms with Crippen molar-refractivity contribution >= 4 is 11.6 Å². The topological polar surface area (TPSA) is 30.5 Å². The molecule has 1 aliphatic heterocycles. The fourth-order valence-corrected chi connectivity index (χ4v) is 2.44. The van der Waals surface area contributed by atoms with Gasteiger partial charge in [-0.15, -0.1) is 0 Å². The lowest BCUT2D eigenvalue weighted by Gasteiger charge is -2.29. The molecule has 18 heavy (non-hydrogen) atoms. The van der Waals surface area contributed by atoms with E-state index in [0.717, 1.165) is 35.9 Å². The van der Waals surface area contributed by atoms with Crippen molar-refractivity contribution in [1.29, 1.82) is 0 Å². The molecule has 100 valence electrons. The summed E-state index contributed by atoms with van der Waals surface area (Å²) in [6, 6.07) is 5.68. The predicted molar refractivity (Wildman–Crippen MR) is 73.3 cm³/mol. The van der Waals surface area contributed by atoms with E-state index in [4.69, 9.17) is 21.1 Å². The molecule has 2 rings (SSSR count). The molecule has 0 aliphatic carbocycles. The first-order chi connectivity index (χ1) is 8.55. The second kappa shape index (κ2) is 5.47. The Balaban J connectivity index is 2.08. The highest BCUT2D eigenvalue weighted by atomic mass is 35.5. The molecule has 1 aromatic rings. The first kappa shape index (κ1) is 13.7. The van der Waals surface area contributed by atoms with Crippen LogP contribution in [0, 0.1) is 0 Å². The van der Waals surface area contributed by atoms with Crippen molar-refractivity contribution in [2.45, 2.75) is 38.5 Å². The highest BCUT2D eigenvalue weighted by molar-refractivity contribution is 6.30. The number of hydrogen-bond donors (Lipinski definition) is 1. The van der Waals surface area contributed by atoms with E-state index < -0.39 is 0 Å². The fourth-order valence-electron chi connectivity index (χ4n) is 2.25. The minimum Gasteiger partial charge on any atom is -0.496 e. The normalized spacial score (nSPS) is 27.4. The van der Waals surface area contributed by atoms with E-state index >= 15 is 0 Å². The molecule has 1 saturated heterocycles. The van der Waals surface area contributed by atoms with Crippen LogP contribution in [0.3, 0.4) is 0 Å². The summed E-state index contributed by atoms with van der Waals surface area (Å²) in [6.45, 7) is 5.85. The molecule has 2 atom stereocenters. The molecule has 3 nitrogen and oxygen atoms in total. The lowest BCUT2D eigenvalue weighted by Crippen LogP contribution is -2.47. The van der Waals surface area contributed by atoms with E-state index in [0.29, 0.717) is 0 Å². The van der Waals surface area contributed by atoms with Gasteiger partial charge in [-0.3, -0.25) is 0 Å². The summed E-state index contributed by atoms with van der Waals surface area (Å²) in [5.41, 5.74) is 1.10. The lowest BCUT2D eigenvalue weighted by atomic mass is 9.94. The van der Waals surface area contributed by atoms with E-state index in [9.17, 15) is 0 Å². The maximum Gasteiger partial charge on any atom is 0.123 e. The van der Waals surface area contributed by atoms with Gasteiger partial charge in [0.15, 0.2) is 0 Å². The van der Waals surface area contributed by atoms with Crippen molar-refractivity contribution in [3.63, 3.8) is 0 Å². The Morgan fingerprint density at radius 1 is 1.56 bits per heavy atom. The molecule has 1 fully saturated rings. The summed E-state index contributed by atoms with van der Waals surface area (Å²) < 4.78 is 11.0. The van der Waals surface area contributed by atoms with Crippen molar-refractivity contribution in [3.8, 4) is 5.75 Å². The third-order valence-corrected chi connectivity index (χ3v) is 4.05. The lowest BCUT2D eigenvalue weighted by molar-refractivity contribution is 0.0880. The van der Waals surface area contributed by atoms with E-state index in [1.807, 2.05) is 18.2 Å². The van der Waals surface area contributed by atoms with Gasteiger partial charge in [0.1, 0.15) is 5.75 Å². The predicted octanol–water partition coefficient (Wildman–Crippen LogP) is 3.01. The van der Waals surface area contributed by atoms with Gasteiger partial charge in [0.05, 0.1) is 13.2 Å². The Morgan fingerprint density at radius 2 is 2.33 bits per heavy atom. The average molecular weight is 270 g/mol. The van der Waals surface area contributed by atoms with E-state index in [2.05, 4.69) is 19.2 Å². The molecule has 0 spiro atoms. The SMILES string of the molecule is COc1ccc(Cl)cc1CNC1(C)CCOC1C. The Bertz CT molecular complexity index is 424. The third-order valence-electron chi connectivity index (χ3n) is 3.81. The van der Waals surface area contributed by atoms with Gasteiger partial charge in [0, 0.05) is 29.3 Å². The van der Waals surface area contributed by atoms with Gasteiger partial charge in [-0.25, -0.2) is 0 Å². The zero-order valence-corrected chi connectivity index (χ0v) is 11.9. The molecule has 1 N–H and O–H groups in total. The molecule has 0 saturated carbocycles. The highest BCUT2D eigenvalue weighted by Crippen LogP contribution is 2.27. The smallest absolute Gasteiger partial charge is 0.123 e. The van der Waals surface area contributed by atoms with Crippen molar-refractivity contribution in [1.82, 2.24) is 5.32 Å². The van der Waals surface area contributed by atoms with Crippen LogP contribution in [0.15, 0.2) is 18.2 Å². The summed E-state index contributed by atoms with van der Waals surface area (Å²) in [4.78, 5) is 0. The summed E-state index contributed by atoms with van der Waals surface area (Å²) in [7, 11) is 1.68. The largest absolute Gasteiger partial charge is 0.496 e. The van der Waals surface area contributed by atoms with Crippen LogP contribution < -0.4 is 10.1 Å². The van der Waals surface area contributed by atoms with Gasteiger partial charge in [-0.05, 0) is 38.5 Å². The van der Waals surface area contributed by atoms with Crippen molar-refractivity contribution in [3.05, 3.63) is 28.8 Å². The van der Waals surface area contributed by atoms with Crippen LogP contribution in [-0.4, -0.2) is 25.4 Å². The van der Waals surface area contributed by atoms with Crippen LogP contribution in [0.25, 0.3) is 0 Å². The number of hydrogen-bond acceptors (Lipinski definition) is 3. The van der Waals surface area contributed by atoms with Crippen molar-refractivity contribution in [2.24, 2.45) is 0 Å². The van der Waals surface area contributed by atoms with E-state index in [-0.39, 0.29) is 11.6 Å². The van der Waals surface area contributed by atoms with Crippen molar-refractivity contribution < 1.29 is 9.47 Å². The average Bonchev–Trinajstić information content (AvgIpc) is 2.68. The van der Waals surface area contributed by atoms with Crippen LogP contribution in [-0.2, 0) is 11.3 Å². The molecule has 2 unspecified atom stereocenters. The van der Waals surface area contributed by atoms with Crippen LogP contribution in [0.5, 0.6) is 5.75 Å². The number of nitrogens with one attached hydrogen (secondary N) is 1. The number of benzene rings is 1. The maximum atomic E-state index is 6.02. The minimum absolute atomic E-state index is 0.0212. The quantitative estimate of drug-likeness (QED) is 0.912. The minimum atomic E-state index is 0.0212. The van der Waals surface area contributed by atoms with Gasteiger partial charge < -0.3 is 14.8 Å². The number of rotatable bonds is 4. The first-order valence-electron chi connectivity index (χ1n) is 6.24. The Kier molecular flexibility index (Phi) is 4.15. The molecule has 0 bridgehead atoms. The highest BCUT2D eigenvalue weighted by Gasteiger charge is 2.36. The van der Waals surface area contributed by atoms with Crippen LogP contribution in [0.1, 0.15) is 25.8 Å². The molecular weight excluding hydrogens is 250 g/mol. The van der Waals surface area contributed by atoms with Gasteiger partial charge in [0.2, 0.25) is 0 Å². The fraction of sp³-hybridized carbons (Fsp3) is 0.571. The molecule has 0 aromatic heterocycles. The van der Waals surface area contributed by atoms with Crippen LogP contribution in [0.2, 0.25) is 5.02 Å². The molecular formula is C14H20ClNO2. The molecule has 0 radical (unpaired) electrons. The second-order valence-corrected chi connectivity index (χ2v) is 5.43. The summed E-state index contributed by atoms with van der Waals surface area (Å²) in [6.07, 6.45) is 1.25. The monoisotopic (exact) mass is 269 g/mol. The van der Waals surface area contributed by atoms with Gasteiger partial charge in [-0.1, -0.05) is 11.6 Å². The molecule has 1 aromatic carbocycles. The Morgan fingerprint density at radius 3 is 2.94 bits per heavy atom. The third kappa shape index (κ3) is 2.79. The number of ether oxygens (including phenoxy) is 2. The van der Waals surface area contributed by atoms with Crippen molar-refractivity contribution in [2.75, 3.05) is 13.7 Å². The van der Waals surface area contributed by atoms with Gasteiger partial charge in [0.25, 0.3) is 0 Å². The Hall–Kier alpha value is -0.770. The van der Waals surface area contributed by atoms with E-state index in [1.54, 1.807) is 7.11 Å². The molecule has 0 amide bonds. The molecule has 1 heterocycles. The number of halogens is 1. The molecule has 4 heteroatoms. The van der Waals surface area contributed by atoms with Gasteiger partial charge >= 0.3 is 0 Å². The van der Waals surface area contributed by atoms with Crippen LogP contribution in [0.4, 0.5) is 0 Å². The summed E-state index contributed by atoms with van der Waals surface area (Å²) in [5.74, 6) is 0.863. The van der Waals surface area contributed by atoms with E-state index in [1.165, 1.54) is 0 Å². The standard InChI is InChI=1S/C14H20ClNO2/c1-10-14(2,6-7-18-10)16-9-11-8-12(15)4-5-13(11)17-3/h4-5,8,10,16H,6-7,9H2,1-3H3. The van der Waals surface area contributed by atoms with Gasteiger partial charge in [-0.2, -0.15) is 0 Å². The summed E-state index contributed by atoms with van der Waals surface area (Å²) in [5, 5.41) is 4.29.